The van der Waals surface area contributed by atoms with Crippen LogP contribution in [0, 0.1) is 34.0 Å². The predicted molar refractivity (Wildman–Crippen MR) is 101 cm³/mol. The number of aliphatic hydroxyl groups excluding tert-OH is 2. The molecule has 28 heavy (non-hydrogen) atoms. The molecule has 4 aliphatic carbocycles. The number of aliphatic hydroxyl groups is 2. The number of ether oxygens (including phenoxy) is 2. The molecule has 2 bridgehead atoms. The van der Waals surface area contributed by atoms with Crippen LogP contribution >= 0.6 is 0 Å². The molecule has 6 nitrogen and oxygen atoms in total. The summed E-state index contributed by atoms with van der Waals surface area (Å²) in [5.74, 6) is -1.04. The third-order valence-corrected chi connectivity index (χ3v) is 8.96. The second kappa shape index (κ2) is 6.30. The maximum absolute atomic E-state index is 13.0. The van der Waals surface area contributed by atoms with Gasteiger partial charge in [-0.05, 0) is 67.3 Å². The van der Waals surface area contributed by atoms with E-state index < -0.39 is 35.0 Å². The molecule has 0 aliphatic heterocycles. The van der Waals surface area contributed by atoms with E-state index in [1.807, 2.05) is 0 Å². The summed E-state index contributed by atoms with van der Waals surface area (Å²) in [6.45, 7) is 6.27. The summed E-state index contributed by atoms with van der Waals surface area (Å²) in [6, 6.07) is 0. The van der Waals surface area contributed by atoms with E-state index in [1.54, 1.807) is 0 Å². The molecule has 4 aliphatic rings. The van der Waals surface area contributed by atoms with E-state index in [4.69, 9.17) is 9.47 Å². The van der Waals surface area contributed by atoms with Gasteiger partial charge in [-0.3, -0.25) is 9.59 Å². The van der Waals surface area contributed by atoms with Gasteiger partial charge in [-0.25, -0.2) is 0 Å². The van der Waals surface area contributed by atoms with E-state index in [0.717, 1.165) is 31.3 Å². The zero-order valence-electron chi connectivity index (χ0n) is 17.1. The van der Waals surface area contributed by atoms with Gasteiger partial charge < -0.3 is 19.7 Å². The zero-order valence-corrected chi connectivity index (χ0v) is 17.1. The second-order valence-corrected chi connectivity index (χ2v) is 9.86. The van der Waals surface area contributed by atoms with Crippen molar-refractivity contribution in [3.63, 3.8) is 0 Å². The van der Waals surface area contributed by atoms with E-state index in [0.29, 0.717) is 18.8 Å². The lowest BCUT2D eigenvalue weighted by molar-refractivity contribution is -0.218. The van der Waals surface area contributed by atoms with E-state index in [1.165, 1.54) is 14.2 Å². The fourth-order valence-electron chi connectivity index (χ4n) is 8.04. The molecule has 4 saturated carbocycles. The molecule has 2 N–H and O–H groups in total. The average Bonchev–Trinajstić information content (AvgIpc) is 2.85. The average molecular weight is 392 g/mol. The first kappa shape index (κ1) is 19.9. The van der Waals surface area contributed by atoms with Crippen molar-refractivity contribution < 1.29 is 29.3 Å². The third-order valence-electron chi connectivity index (χ3n) is 8.96. The van der Waals surface area contributed by atoms with Crippen molar-refractivity contribution in [3.8, 4) is 0 Å². The lowest BCUT2D eigenvalue weighted by Gasteiger charge is -2.64. The molecule has 1 spiro atoms. The predicted octanol–water partition coefficient (Wildman–Crippen LogP) is 2.22. The van der Waals surface area contributed by atoms with Crippen molar-refractivity contribution in [3.05, 3.63) is 12.2 Å². The molecule has 0 radical (unpaired) electrons. The Morgan fingerprint density at radius 1 is 1.00 bits per heavy atom. The van der Waals surface area contributed by atoms with Gasteiger partial charge >= 0.3 is 11.9 Å². The van der Waals surface area contributed by atoms with E-state index in [9.17, 15) is 19.8 Å². The first-order chi connectivity index (χ1) is 13.2. The van der Waals surface area contributed by atoms with Crippen LogP contribution in [0.1, 0.15) is 51.9 Å². The Hall–Kier alpha value is -1.40. The van der Waals surface area contributed by atoms with Crippen LogP contribution in [-0.2, 0) is 19.1 Å². The van der Waals surface area contributed by atoms with Crippen LogP contribution in [-0.4, -0.2) is 48.6 Å². The fraction of sp³-hybridized carbons (Fsp3) is 0.818. The molecule has 0 heterocycles. The Morgan fingerprint density at radius 3 is 2.25 bits per heavy atom. The molecule has 7 atom stereocenters. The number of hydrogen-bond acceptors (Lipinski definition) is 6. The van der Waals surface area contributed by atoms with Gasteiger partial charge in [-0.2, -0.15) is 0 Å². The van der Waals surface area contributed by atoms with Gasteiger partial charge in [0.2, 0.25) is 0 Å². The zero-order chi connectivity index (χ0) is 20.5. The molecule has 0 aromatic heterocycles. The molecule has 4 rings (SSSR count). The van der Waals surface area contributed by atoms with E-state index >= 15 is 0 Å². The Kier molecular flexibility index (Phi) is 4.47. The molecule has 0 saturated heterocycles. The van der Waals surface area contributed by atoms with Crippen molar-refractivity contribution >= 4 is 11.9 Å². The van der Waals surface area contributed by atoms with Gasteiger partial charge in [-0.15, -0.1) is 0 Å². The molecule has 156 valence electrons. The first-order valence-corrected chi connectivity index (χ1v) is 10.4. The van der Waals surface area contributed by atoms with Crippen LogP contribution in [0.25, 0.3) is 0 Å². The van der Waals surface area contributed by atoms with Gasteiger partial charge in [0.25, 0.3) is 0 Å². The van der Waals surface area contributed by atoms with Crippen LogP contribution < -0.4 is 0 Å². The highest BCUT2D eigenvalue weighted by Gasteiger charge is 2.72. The molecular formula is C22H32O6. The standard InChI is InChI=1S/C22H32O6/c1-12-13-5-6-15-20(2)10-14(23)11-22(18(25)27-3,19(26)28-4)16(20)7-8-21(15,9-13)17(12)24/h13-17,23-24H,1,5-11H2,2-4H3/t13-,14+,15+,16+,17+,20+,21-/m1/s1. The normalized spacial score (nSPS) is 46.3. The van der Waals surface area contributed by atoms with Gasteiger partial charge in [0.15, 0.2) is 5.41 Å². The topological polar surface area (TPSA) is 93.1 Å². The van der Waals surface area contributed by atoms with Crippen LogP contribution in [0.4, 0.5) is 0 Å². The SMILES string of the molecule is C=C1[C@@H]2CC[C@H]3[C@]4(C)C[C@H](O)CC(C(=O)OC)(C(=O)OC)[C@H]4CC[C@]3(C2)[C@H]1O. The summed E-state index contributed by atoms with van der Waals surface area (Å²) in [4.78, 5) is 25.9. The molecule has 0 unspecified atom stereocenters. The highest BCUT2D eigenvalue weighted by atomic mass is 16.5. The highest BCUT2D eigenvalue weighted by Crippen LogP contribution is 2.72. The van der Waals surface area contributed by atoms with Crippen LogP contribution in [0.2, 0.25) is 0 Å². The van der Waals surface area contributed by atoms with Crippen molar-refractivity contribution in [1.82, 2.24) is 0 Å². The van der Waals surface area contributed by atoms with Gasteiger partial charge in [0.05, 0.1) is 26.4 Å². The summed E-state index contributed by atoms with van der Waals surface area (Å²) in [7, 11) is 2.57. The lowest BCUT2D eigenvalue weighted by atomic mass is 9.40. The number of fused-ring (bicyclic) bond motifs is 3. The monoisotopic (exact) mass is 392 g/mol. The molecular weight excluding hydrogens is 360 g/mol. The molecule has 0 amide bonds. The minimum absolute atomic E-state index is 0.0320. The Bertz CT molecular complexity index is 700. The lowest BCUT2D eigenvalue weighted by Crippen LogP contribution is -2.65. The first-order valence-electron chi connectivity index (χ1n) is 10.4. The number of carbonyl (C=O) groups is 2. The number of carbonyl (C=O) groups excluding carboxylic acids is 2. The van der Waals surface area contributed by atoms with E-state index in [2.05, 4.69) is 13.5 Å². The number of hydrogen-bond donors (Lipinski definition) is 2. The highest BCUT2D eigenvalue weighted by molar-refractivity contribution is 6.00. The van der Waals surface area contributed by atoms with Crippen LogP contribution in [0.3, 0.4) is 0 Å². The summed E-state index contributed by atoms with van der Waals surface area (Å²) < 4.78 is 10.2. The summed E-state index contributed by atoms with van der Waals surface area (Å²) in [5.41, 5.74) is -1.28. The van der Waals surface area contributed by atoms with Gasteiger partial charge in [-0.1, -0.05) is 13.5 Å². The third kappa shape index (κ3) is 2.22. The number of methoxy groups -OCH3 is 2. The van der Waals surface area contributed by atoms with Crippen molar-refractivity contribution in [1.29, 1.82) is 0 Å². The Labute approximate surface area is 166 Å². The minimum atomic E-state index is -1.49. The molecule has 6 heteroatoms. The van der Waals surface area contributed by atoms with Crippen molar-refractivity contribution in [2.24, 2.45) is 34.0 Å². The maximum Gasteiger partial charge on any atom is 0.323 e. The Morgan fingerprint density at radius 2 is 1.64 bits per heavy atom. The number of rotatable bonds is 2. The van der Waals surface area contributed by atoms with Gasteiger partial charge in [0.1, 0.15) is 0 Å². The van der Waals surface area contributed by atoms with Crippen molar-refractivity contribution in [2.75, 3.05) is 14.2 Å². The quantitative estimate of drug-likeness (QED) is 0.425. The fourth-order valence-corrected chi connectivity index (χ4v) is 8.04. The largest absolute Gasteiger partial charge is 0.468 e. The number of esters is 2. The van der Waals surface area contributed by atoms with E-state index in [-0.39, 0.29) is 23.7 Å². The molecule has 0 aromatic rings. The summed E-state index contributed by atoms with van der Waals surface area (Å²) in [5, 5.41) is 21.9. The van der Waals surface area contributed by atoms with Crippen molar-refractivity contribution in [2.45, 2.75) is 64.1 Å². The van der Waals surface area contributed by atoms with Crippen LogP contribution in [0.15, 0.2) is 12.2 Å². The minimum Gasteiger partial charge on any atom is -0.468 e. The van der Waals surface area contributed by atoms with Crippen LogP contribution in [0.5, 0.6) is 0 Å². The molecule has 4 fully saturated rings. The Balaban J connectivity index is 1.84. The second-order valence-electron chi connectivity index (χ2n) is 9.86. The molecule has 0 aromatic carbocycles. The maximum atomic E-state index is 13.0. The summed E-state index contributed by atoms with van der Waals surface area (Å²) >= 11 is 0. The smallest absolute Gasteiger partial charge is 0.323 e. The van der Waals surface area contributed by atoms with Gasteiger partial charge in [0, 0.05) is 11.8 Å². The summed E-state index contributed by atoms with van der Waals surface area (Å²) in [6.07, 6.45) is 3.37.